The molecule has 0 aliphatic heterocycles. The van der Waals surface area contributed by atoms with Crippen molar-refractivity contribution in [2.45, 2.75) is 25.9 Å². The van der Waals surface area contributed by atoms with Gasteiger partial charge in [0.1, 0.15) is 0 Å². The predicted molar refractivity (Wildman–Crippen MR) is 103 cm³/mol. The summed E-state index contributed by atoms with van der Waals surface area (Å²) in [5, 5.41) is 0. The lowest BCUT2D eigenvalue weighted by molar-refractivity contribution is 0.0117. The summed E-state index contributed by atoms with van der Waals surface area (Å²) < 4.78 is 0. The highest BCUT2D eigenvalue weighted by atomic mass is 16.6. The van der Waals surface area contributed by atoms with E-state index in [0.717, 1.165) is 23.1 Å². The summed E-state index contributed by atoms with van der Waals surface area (Å²) in [6, 6.07) is 28.9. The van der Waals surface area contributed by atoms with Gasteiger partial charge in [-0.3, -0.25) is 4.84 Å². The first kappa shape index (κ1) is 17.4. The summed E-state index contributed by atoms with van der Waals surface area (Å²) in [5.74, 6) is 6.55. The van der Waals surface area contributed by atoms with Crippen LogP contribution in [0.3, 0.4) is 0 Å². The minimum absolute atomic E-state index is 0.629. The molecule has 0 bridgehead atoms. The SMILES string of the molecule is CC(C)Cc1ccc(C(ON)(c2ccccc2)c2ccccc2)cc1. The first-order valence-corrected chi connectivity index (χ1v) is 8.75. The molecule has 3 aromatic carbocycles. The Kier molecular flexibility index (Phi) is 5.32. The van der Waals surface area contributed by atoms with Crippen molar-refractivity contribution in [3.05, 3.63) is 107 Å². The summed E-state index contributed by atoms with van der Waals surface area (Å²) in [6.45, 7) is 4.46. The minimum Gasteiger partial charge on any atom is -0.283 e. The molecule has 0 amide bonds. The van der Waals surface area contributed by atoms with Crippen LogP contribution in [0.2, 0.25) is 0 Å². The van der Waals surface area contributed by atoms with Crippen LogP contribution in [0, 0.1) is 5.92 Å². The predicted octanol–water partition coefficient (Wildman–Crippen LogP) is 5.07. The maximum Gasteiger partial charge on any atom is 0.164 e. The second-order valence-electron chi connectivity index (χ2n) is 6.83. The van der Waals surface area contributed by atoms with E-state index in [9.17, 15) is 0 Å². The van der Waals surface area contributed by atoms with Gasteiger partial charge in [-0.1, -0.05) is 98.8 Å². The van der Waals surface area contributed by atoms with Crippen LogP contribution in [0.1, 0.15) is 36.1 Å². The summed E-state index contributed by atoms with van der Waals surface area (Å²) >= 11 is 0. The monoisotopic (exact) mass is 331 g/mol. The third-order valence-corrected chi connectivity index (χ3v) is 4.54. The van der Waals surface area contributed by atoms with Gasteiger partial charge in [0.05, 0.1) is 0 Å². The molecule has 2 N–H and O–H groups in total. The Bertz CT molecular complexity index is 740. The molecule has 2 heteroatoms. The topological polar surface area (TPSA) is 35.2 Å². The number of rotatable bonds is 6. The zero-order valence-corrected chi connectivity index (χ0v) is 14.9. The molecule has 0 saturated heterocycles. The highest BCUT2D eigenvalue weighted by Gasteiger charge is 2.37. The molecule has 0 heterocycles. The molecule has 0 radical (unpaired) electrons. The smallest absolute Gasteiger partial charge is 0.164 e. The lowest BCUT2D eigenvalue weighted by atomic mass is 9.80. The maximum atomic E-state index is 5.92. The summed E-state index contributed by atoms with van der Waals surface area (Å²) in [7, 11) is 0. The van der Waals surface area contributed by atoms with Crippen molar-refractivity contribution in [3.63, 3.8) is 0 Å². The van der Waals surface area contributed by atoms with E-state index in [1.807, 2.05) is 36.4 Å². The molecule has 2 nitrogen and oxygen atoms in total. The first-order valence-electron chi connectivity index (χ1n) is 8.75. The van der Waals surface area contributed by atoms with Gasteiger partial charge in [0, 0.05) is 0 Å². The fourth-order valence-corrected chi connectivity index (χ4v) is 3.40. The molecule has 3 aromatic rings. The molecule has 0 aliphatic rings. The van der Waals surface area contributed by atoms with Gasteiger partial charge < -0.3 is 0 Å². The van der Waals surface area contributed by atoms with Crippen LogP contribution < -0.4 is 5.90 Å². The summed E-state index contributed by atoms with van der Waals surface area (Å²) in [4.78, 5) is 5.72. The van der Waals surface area contributed by atoms with Gasteiger partial charge in [-0.15, -0.1) is 0 Å². The molecule has 0 atom stereocenters. The molecule has 128 valence electrons. The molecule has 0 unspecified atom stereocenters. The molecule has 0 fully saturated rings. The third-order valence-electron chi connectivity index (χ3n) is 4.54. The second kappa shape index (κ2) is 7.64. The van der Waals surface area contributed by atoms with Crippen molar-refractivity contribution in [2.24, 2.45) is 11.8 Å². The third kappa shape index (κ3) is 3.51. The van der Waals surface area contributed by atoms with E-state index in [0.29, 0.717) is 5.92 Å². The highest BCUT2D eigenvalue weighted by Crippen LogP contribution is 2.39. The minimum atomic E-state index is -0.821. The maximum absolute atomic E-state index is 5.92. The molecular formula is C23H25NO. The van der Waals surface area contributed by atoms with E-state index >= 15 is 0 Å². The summed E-state index contributed by atoms with van der Waals surface area (Å²) in [5.41, 5.74) is 3.56. The van der Waals surface area contributed by atoms with Gasteiger partial charge in [-0.25, -0.2) is 5.90 Å². The van der Waals surface area contributed by atoms with Gasteiger partial charge in [0.2, 0.25) is 0 Å². The van der Waals surface area contributed by atoms with E-state index in [4.69, 9.17) is 10.7 Å². The molecular weight excluding hydrogens is 306 g/mol. The Labute approximate surface area is 150 Å². The molecule has 0 aromatic heterocycles. The van der Waals surface area contributed by atoms with Crippen LogP contribution >= 0.6 is 0 Å². The van der Waals surface area contributed by atoms with Gasteiger partial charge >= 0.3 is 0 Å². The van der Waals surface area contributed by atoms with Crippen molar-refractivity contribution in [3.8, 4) is 0 Å². The molecule has 0 aliphatic carbocycles. The fourth-order valence-electron chi connectivity index (χ4n) is 3.40. The van der Waals surface area contributed by atoms with Crippen LogP contribution in [-0.2, 0) is 16.9 Å². The average Bonchev–Trinajstić information content (AvgIpc) is 2.65. The van der Waals surface area contributed by atoms with E-state index in [1.54, 1.807) is 0 Å². The van der Waals surface area contributed by atoms with E-state index < -0.39 is 5.60 Å². The normalized spacial score (nSPS) is 11.7. The second-order valence-corrected chi connectivity index (χ2v) is 6.83. The number of benzene rings is 3. The highest BCUT2D eigenvalue weighted by molar-refractivity contribution is 5.47. The van der Waals surface area contributed by atoms with Gasteiger partial charge in [-0.2, -0.15) is 0 Å². The van der Waals surface area contributed by atoms with Gasteiger partial charge in [-0.05, 0) is 34.6 Å². The van der Waals surface area contributed by atoms with Crippen LogP contribution in [-0.4, -0.2) is 0 Å². The Morgan fingerprint density at radius 1 is 0.720 bits per heavy atom. The van der Waals surface area contributed by atoms with Gasteiger partial charge in [0.25, 0.3) is 0 Å². The van der Waals surface area contributed by atoms with Crippen molar-refractivity contribution < 1.29 is 4.84 Å². The molecule has 25 heavy (non-hydrogen) atoms. The van der Waals surface area contributed by atoms with Crippen molar-refractivity contribution in [1.29, 1.82) is 0 Å². The number of hydrogen-bond donors (Lipinski definition) is 1. The van der Waals surface area contributed by atoms with Crippen LogP contribution in [0.25, 0.3) is 0 Å². The van der Waals surface area contributed by atoms with Crippen LogP contribution in [0.4, 0.5) is 0 Å². The largest absolute Gasteiger partial charge is 0.283 e. The Morgan fingerprint density at radius 2 is 1.16 bits per heavy atom. The van der Waals surface area contributed by atoms with E-state index in [1.165, 1.54) is 5.56 Å². The van der Waals surface area contributed by atoms with E-state index in [-0.39, 0.29) is 0 Å². The average molecular weight is 331 g/mol. The Hall–Kier alpha value is -2.42. The molecule has 0 saturated carbocycles. The lowest BCUT2D eigenvalue weighted by Crippen LogP contribution is -2.35. The van der Waals surface area contributed by atoms with Gasteiger partial charge in [0.15, 0.2) is 5.60 Å². The van der Waals surface area contributed by atoms with Crippen molar-refractivity contribution >= 4 is 0 Å². The van der Waals surface area contributed by atoms with Crippen molar-refractivity contribution in [1.82, 2.24) is 0 Å². The first-order chi connectivity index (χ1) is 12.2. The van der Waals surface area contributed by atoms with Crippen LogP contribution in [0.5, 0.6) is 0 Å². The number of nitrogens with two attached hydrogens (primary N) is 1. The molecule has 3 rings (SSSR count). The van der Waals surface area contributed by atoms with E-state index in [2.05, 4.69) is 62.4 Å². The van der Waals surface area contributed by atoms with Crippen LogP contribution in [0.15, 0.2) is 84.9 Å². The molecule has 0 spiro atoms. The zero-order chi connectivity index (χ0) is 17.7. The standard InChI is InChI=1S/C23H25NO/c1-18(2)17-19-13-15-22(16-14-19)23(25-24,20-9-5-3-6-10-20)21-11-7-4-8-12-21/h3-16,18H,17,24H2,1-2H3. The Balaban J connectivity index is 2.14. The summed E-state index contributed by atoms with van der Waals surface area (Å²) in [6.07, 6.45) is 1.06. The number of hydrogen-bond acceptors (Lipinski definition) is 2. The zero-order valence-electron chi connectivity index (χ0n) is 14.9. The fraction of sp³-hybridized carbons (Fsp3) is 0.217. The lowest BCUT2D eigenvalue weighted by Gasteiger charge is -2.33. The quantitative estimate of drug-likeness (QED) is 0.506. The Morgan fingerprint density at radius 3 is 1.56 bits per heavy atom. The van der Waals surface area contributed by atoms with Crippen molar-refractivity contribution in [2.75, 3.05) is 0 Å².